The van der Waals surface area contributed by atoms with Crippen molar-refractivity contribution in [1.82, 2.24) is 14.8 Å². The smallest absolute Gasteiger partial charge is 0.181 e. The van der Waals surface area contributed by atoms with Crippen LogP contribution in [0.15, 0.2) is 18.2 Å². The van der Waals surface area contributed by atoms with E-state index in [4.69, 9.17) is 5.73 Å². The van der Waals surface area contributed by atoms with Crippen molar-refractivity contribution in [1.29, 1.82) is 0 Å². The fourth-order valence-electron chi connectivity index (χ4n) is 2.61. The van der Waals surface area contributed by atoms with Gasteiger partial charge >= 0.3 is 0 Å². The standard InChI is InChI=1S/C14H20N4S/c1-10-8-18(6-5-17(10)2)9-11-3-4-12-13(7-11)19-14(15)16-12/h3-4,7,10H,5-6,8-9H2,1-2H3,(H2,15,16). The molecule has 3 rings (SSSR count). The highest BCUT2D eigenvalue weighted by Crippen LogP contribution is 2.25. The lowest BCUT2D eigenvalue weighted by Crippen LogP contribution is -2.49. The second-order valence-electron chi connectivity index (χ2n) is 5.42. The van der Waals surface area contributed by atoms with E-state index in [0.717, 1.165) is 31.7 Å². The highest BCUT2D eigenvalue weighted by Gasteiger charge is 2.20. The van der Waals surface area contributed by atoms with Crippen molar-refractivity contribution >= 4 is 26.7 Å². The Balaban J connectivity index is 1.74. The van der Waals surface area contributed by atoms with Crippen LogP contribution in [0.2, 0.25) is 0 Å². The molecule has 0 aliphatic carbocycles. The van der Waals surface area contributed by atoms with Crippen LogP contribution < -0.4 is 5.73 Å². The number of hydrogen-bond donors (Lipinski definition) is 1. The first-order valence-corrected chi connectivity index (χ1v) is 7.51. The van der Waals surface area contributed by atoms with Gasteiger partial charge in [-0.25, -0.2) is 4.98 Å². The maximum Gasteiger partial charge on any atom is 0.181 e. The summed E-state index contributed by atoms with van der Waals surface area (Å²) in [5.41, 5.74) is 8.12. The van der Waals surface area contributed by atoms with E-state index in [1.807, 2.05) is 0 Å². The highest BCUT2D eigenvalue weighted by atomic mass is 32.1. The normalized spacial score (nSPS) is 22.1. The van der Waals surface area contributed by atoms with E-state index in [1.165, 1.54) is 10.3 Å². The van der Waals surface area contributed by atoms with Crippen LogP contribution in [0.1, 0.15) is 12.5 Å². The molecule has 2 N–H and O–H groups in total. The quantitative estimate of drug-likeness (QED) is 0.911. The molecule has 1 aliphatic rings. The van der Waals surface area contributed by atoms with E-state index in [-0.39, 0.29) is 0 Å². The van der Waals surface area contributed by atoms with Crippen LogP contribution in [0.4, 0.5) is 5.13 Å². The van der Waals surface area contributed by atoms with Gasteiger partial charge in [0.25, 0.3) is 0 Å². The number of aromatic nitrogens is 1. The molecule has 2 heterocycles. The molecule has 1 unspecified atom stereocenters. The molecular formula is C14H20N4S. The van der Waals surface area contributed by atoms with Crippen LogP contribution in [0.3, 0.4) is 0 Å². The first-order chi connectivity index (χ1) is 9.11. The van der Waals surface area contributed by atoms with Gasteiger partial charge in [-0.2, -0.15) is 0 Å². The number of fused-ring (bicyclic) bond motifs is 1. The Bertz CT molecular complexity index is 580. The molecule has 5 heteroatoms. The molecule has 1 atom stereocenters. The summed E-state index contributed by atoms with van der Waals surface area (Å²) in [6.07, 6.45) is 0. The third-order valence-corrected chi connectivity index (χ3v) is 4.77. The number of thiazole rings is 1. The highest BCUT2D eigenvalue weighted by molar-refractivity contribution is 7.22. The molecule has 0 spiro atoms. The van der Waals surface area contributed by atoms with Crippen molar-refractivity contribution in [2.24, 2.45) is 0 Å². The Morgan fingerprint density at radius 1 is 1.42 bits per heavy atom. The Kier molecular flexibility index (Phi) is 3.43. The van der Waals surface area contributed by atoms with Crippen LogP contribution >= 0.6 is 11.3 Å². The number of nitrogen functional groups attached to an aromatic ring is 1. The molecule has 1 aliphatic heterocycles. The molecule has 0 bridgehead atoms. The lowest BCUT2D eigenvalue weighted by atomic mass is 10.1. The predicted molar refractivity (Wildman–Crippen MR) is 81.4 cm³/mol. The fraction of sp³-hybridized carbons (Fsp3) is 0.500. The molecule has 4 nitrogen and oxygen atoms in total. The Morgan fingerprint density at radius 3 is 3.05 bits per heavy atom. The first-order valence-electron chi connectivity index (χ1n) is 6.69. The summed E-state index contributed by atoms with van der Waals surface area (Å²) in [6, 6.07) is 7.12. The van der Waals surface area contributed by atoms with Crippen molar-refractivity contribution in [3.63, 3.8) is 0 Å². The van der Waals surface area contributed by atoms with Gasteiger partial charge in [0.2, 0.25) is 0 Å². The van der Waals surface area contributed by atoms with Gasteiger partial charge in [-0.3, -0.25) is 4.90 Å². The molecule has 1 saturated heterocycles. The van der Waals surface area contributed by atoms with Crippen molar-refractivity contribution < 1.29 is 0 Å². The average molecular weight is 276 g/mol. The zero-order valence-electron chi connectivity index (χ0n) is 11.5. The van der Waals surface area contributed by atoms with Crippen LogP contribution in [0.5, 0.6) is 0 Å². The van der Waals surface area contributed by atoms with Crippen LogP contribution in [-0.2, 0) is 6.54 Å². The second kappa shape index (κ2) is 5.07. The van der Waals surface area contributed by atoms with Crippen LogP contribution in [0, 0.1) is 0 Å². The summed E-state index contributed by atoms with van der Waals surface area (Å²) >= 11 is 1.57. The van der Waals surface area contributed by atoms with Gasteiger partial charge in [-0.05, 0) is 31.7 Å². The fourth-order valence-corrected chi connectivity index (χ4v) is 3.41. The number of nitrogens with zero attached hydrogens (tertiary/aromatic N) is 3. The minimum Gasteiger partial charge on any atom is -0.375 e. The van der Waals surface area contributed by atoms with Gasteiger partial charge < -0.3 is 10.6 Å². The van der Waals surface area contributed by atoms with Crippen molar-refractivity contribution in [3.05, 3.63) is 23.8 Å². The second-order valence-corrected chi connectivity index (χ2v) is 6.48. The summed E-state index contributed by atoms with van der Waals surface area (Å²) in [4.78, 5) is 9.24. The van der Waals surface area contributed by atoms with Crippen molar-refractivity contribution in [2.75, 3.05) is 32.4 Å². The monoisotopic (exact) mass is 276 g/mol. The zero-order chi connectivity index (χ0) is 13.4. The third-order valence-electron chi connectivity index (χ3n) is 3.92. The molecular weight excluding hydrogens is 256 g/mol. The lowest BCUT2D eigenvalue weighted by molar-refractivity contribution is 0.100. The average Bonchev–Trinajstić information content (AvgIpc) is 2.73. The van der Waals surface area contributed by atoms with Crippen LogP contribution in [0.25, 0.3) is 10.2 Å². The Morgan fingerprint density at radius 2 is 2.26 bits per heavy atom. The van der Waals surface area contributed by atoms with Gasteiger partial charge in [0.15, 0.2) is 5.13 Å². The maximum absolute atomic E-state index is 5.75. The van der Waals surface area contributed by atoms with Crippen molar-refractivity contribution in [2.45, 2.75) is 19.5 Å². The van der Waals surface area contributed by atoms with E-state index in [9.17, 15) is 0 Å². The molecule has 0 radical (unpaired) electrons. The maximum atomic E-state index is 5.75. The SMILES string of the molecule is CC1CN(Cc2ccc3nc(N)sc3c2)CCN1C. The summed E-state index contributed by atoms with van der Waals surface area (Å²) < 4.78 is 1.19. The van der Waals surface area contributed by atoms with Crippen LogP contribution in [-0.4, -0.2) is 47.5 Å². The number of benzene rings is 1. The van der Waals surface area contributed by atoms with E-state index >= 15 is 0 Å². The number of rotatable bonds is 2. The molecule has 0 saturated carbocycles. The molecule has 1 aromatic carbocycles. The first kappa shape index (κ1) is 12.8. The van der Waals surface area contributed by atoms with E-state index < -0.39 is 0 Å². The Hall–Kier alpha value is -1.17. The van der Waals surface area contributed by atoms with Gasteiger partial charge in [0.05, 0.1) is 10.2 Å². The largest absolute Gasteiger partial charge is 0.375 e. The number of nitrogens with two attached hydrogens (primary N) is 1. The number of anilines is 1. The number of hydrogen-bond acceptors (Lipinski definition) is 5. The van der Waals surface area contributed by atoms with E-state index in [1.54, 1.807) is 11.3 Å². The topological polar surface area (TPSA) is 45.4 Å². The number of likely N-dealkylation sites (N-methyl/N-ethyl adjacent to an activating group) is 1. The zero-order valence-corrected chi connectivity index (χ0v) is 12.3. The molecule has 1 fully saturated rings. The molecule has 0 amide bonds. The molecule has 2 aromatic rings. The molecule has 1 aromatic heterocycles. The van der Waals surface area contributed by atoms with Crippen molar-refractivity contribution in [3.8, 4) is 0 Å². The number of piperazine rings is 1. The minimum absolute atomic E-state index is 0.636. The summed E-state index contributed by atoms with van der Waals surface area (Å²) in [7, 11) is 2.20. The lowest BCUT2D eigenvalue weighted by Gasteiger charge is -2.37. The summed E-state index contributed by atoms with van der Waals surface area (Å²) in [6.45, 7) is 6.74. The molecule has 19 heavy (non-hydrogen) atoms. The Labute approximate surface area is 117 Å². The van der Waals surface area contributed by atoms with E-state index in [2.05, 4.69) is 47.0 Å². The van der Waals surface area contributed by atoms with Gasteiger partial charge in [0, 0.05) is 32.2 Å². The minimum atomic E-state index is 0.636. The molecule has 102 valence electrons. The van der Waals surface area contributed by atoms with E-state index in [0.29, 0.717) is 11.2 Å². The van der Waals surface area contributed by atoms with Gasteiger partial charge in [0.1, 0.15) is 0 Å². The third kappa shape index (κ3) is 2.73. The van der Waals surface area contributed by atoms with Gasteiger partial charge in [-0.15, -0.1) is 0 Å². The summed E-state index contributed by atoms with van der Waals surface area (Å²) in [5, 5.41) is 0.653. The van der Waals surface area contributed by atoms with Gasteiger partial charge in [-0.1, -0.05) is 17.4 Å². The predicted octanol–water partition coefficient (Wildman–Crippen LogP) is 2.01. The summed E-state index contributed by atoms with van der Waals surface area (Å²) in [5.74, 6) is 0.